The van der Waals surface area contributed by atoms with Crippen molar-refractivity contribution in [3.05, 3.63) is 17.7 Å². The van der Waals surface area contributed by atoms with E-state index in [9.17, 15) is 15.0 Å². The Morgan fingerprint density at radius 1 is 0.891 bits per heavy atom. The SMILES string of the molecule is COc1ccc(CN2CCN(C(=O)CC[C@@H](C)[C@H]3CC[C@H]4[C@@H]5[C@@H](O)C[C@@H]6C[C@H](O)CC[C@]6(C)[C@H]5CC[C@]34C)CC2)c(OC)c1OC. The Bertz CT molecular complexity index is 1230. The van der Waals surface area contributed by atoms with E-state index in [0.29, 0.717) is 65.1 Å². The first-order chi connectivity index (χ1) is 22.0. The summed E-state index contributed by atoms with van der Waals surface area (Å²) in [5.74, 6) is 5.38. The number of hydrogen-bond donors (Lipinski definition) is 2. The Hall–Kier alpha value is -2.03. The number of methoxy groups -OCH3 is 3. The number of carbonyl (C=O) groups is 1. The highest BCUT2D eigenvalue weighted by Gasteiger charge is 2.62. The molecule has 2 N–H and O–H groups in total. The van der Waals surface area contributed by atoms with Crippen LogP contribution >= 0.6 is 0 Å². The molecule has 0 spiro atoms. The van der Waals surface area contributed by atoms with Crippen LogP contribution in [0.5, 0.6) is 17.2 Å². The van der Waals surface area contributed by atoms with Gasteiger partial charge in [-0.15, -0.1) is 0 Å². The zero-order chi connectivity index (χ0) is 32.8. The maximum atomic E-state index is 13.4. The number of amides is 1. The normalized spacial score (nSPS) is 38.3. The van der Waals surface area contributed by atoms with E-state index in [-0.39, 0.29) is 23.0 Å². The molecule has 1 aliphatic heterocycles. The molecule has 4 aliphatic carbocycles. The van der Waals surface area contributed by atoms with Crippen LogP contribution in [-0.4, -0.2) is 85.6 Å². The number of piperazine rings is 1. The fourth-order valence-electron chi connectivity index (χ4n) is 11.6. The molecule has 1 saturated heterocycles. The molecule has 1 amide bonds. The molecular formula is C38H60N2O6. The Morgan fingerprint density at radius 3 is 2.28 bits per heavy atom. The number of ether oxygens (including phenoxy) is 3. The van der Waals surface area contributed by atoms with Gasteiger partial charge in [0.15, 0.2) is 11.5 Å². The smallest absolute Gasteiger partial charge is 0.222 e. The van der Waals surface area contributed by atoms with E-state index in [4.69, 9.17) is 14.2 Å². The van der Waals surface area contributed by atoms with Crippen molar-refractivity contribution in [2.75, 3.05) is 47.5 Å². The standard InChI is InChI=1S/C38H60N2O6/c1-24(7-12-33(43)40-19-17-39(18-20-40)23-25-8-11-32(44-4)36(46-6)35(25)45-5)28-9-10-29-34-30(14-16-38(28,29)3)37(2)15-13-27(41)21-26(37)22-31(34)42/h8,11,24,26-31,34,41-42H,7,9-10,12-23H2,1-6H3/t24-,26+,27-,28-,29+,30+,31+,34+,37+,38-/m1/s1. The summed E-state index contributed by atoms with van der Waals surface area (Å²) in [6.07, 6.45) is 9.80. The van der Waals surface area contributed by atoms with E-state index in [1.165, 1.54) is 25.7 Å². The monoisotopic (exact) mass is 640 g/mol. The first-order valence-electron chi connectivity index (χ1n) is 18.2. The van der Waals surface area contributed by atoms with Crippen LogP contribution in [0.3, 0.4) is 0 Å². The van der Waals surface area contributed by atoms with Crippen LogP contribution in [0.2, 0.25) is 0 Å². The van der Waals surface area contributed by atoms with E-state index in [1.54, 1.807) is 21.3 Å². The third-order valence-electron chi connectivity index (χ3n) is 14.1. The second-order valence-corrected chi connectivity index (χ2v) is 16.1. The van der Waals surface area contributed by atoms with Crippen molar-refractivity contribution < 1.29 is 29.2 Å². The van der Waals surface area contributed by atoms with Crippen LogP contribution in [-0.2, 0) is 11.3 Å². The first kappa shape index (κ1) is 33.9. The number of benzene rings is 1. The van der Waals surface area contributed by atoms with Crippen LogP contribution in [0.15, 0.2) is 12.1 Å². The summed E-state index contributed by atoms with van der Waals surface area (Å²) < 4.78 is 16.7. The molecule has 0 aromatic heterocycles. The molecule has 5 aliphatic rings. The lowest BCUT2D eigenvalue weighted by atomic mass is 9.43. The predicted octanol–water partition coefficient (Wildman–Crippen LogP) is 5.76. The third-order valence-corrected chi connectivity index (χ3v) is 14.1. The summed E-state index contributed by atoms with van der Waals surface area (Å²) in [6.45, 7) is 11.3. The summed E-state index contributed by atoms with van der Waals surface area (Å²) in [5, 5.41) is 22.0. The zero-order valence-corrected chi connectivity index (χ0v) is 29.3. The summed E-state index contributed by atoms with van der Waals surface area (Å²) >= 11 is 0. The Balaban J connectivity index is 1.01. The fraction of sp³-hybridized carbons (Fsp3) is 0.816. The van der Waals surface area contributed by atoms with Crippen LogP contribution in [0.4, 0.5) is 0 Å². The van der Waals surface area contributed by atoms with Gasteiger partial charge in [-0.3, -0.25) is 9.69 Å². The second kappa shape index (κ2) is 13.5. The van der Waals surface area contributed by atoms with Gasteiger partial charge in [0.1, 0.15) is 0 Å². The fourth-order valence-corrected chi connectivity index (χ4v) is 11.6. The summed E-state index contributed by atoms with van der Waals surface area (Å²) in [6, 6.07) is 3.96. The molecule has 258 valence electrons. The molecule has 46 heavy (non-hydrogen) atoms. The van der Waals surface area contributed by atoms with Gasteiger partial charge < -0.3 is 29.3 Å². The van der Waals surface area contributed by atoms with Crippen molar-refractivity contribution in [2.24, 2.45) is 46.3 Å². The van der Waals surface area contributed by atoms with E-state index in [1.807, 2.05) is 12.1 Å². The van der Waals surface area contributed by atoms with E-state index >= 15 is 0 Å². The van der Waals surface area contributed by atoms with Gasteiger partial charge in [0.25, 0.3) is 0 Å². The Labute approximate surface area is 277 Å². The minimum atomic E-state index is -0.236. The van der Waals surface area contributed by atoms with Crippen molar-refractivity contribution in [2.45, 2.75) is 104 Å². The van der Waals surface area contributed by atoms with Crippen LogP contribution in [0.1, 0.15) is 90.5 Å². The van der Waals surface area contributed by atoms with Gasteiger partial charge in [0, 0.05) is 44.7 Å². The molecule has 0 unspecified atom stereocenters. The molecule has 0 radical (unpaired) electrons. The average molecular weight is 641 g/mol. The molecule has 8 nitrogen and oxygen atoms in total. The molecule has 10 atom stereocenters. The van der Waals surface area contributed by atoms with E-state index in [0.717, 1.165) is 70.4 Å². The van der Waals surface area contributed by atoms with Crippen LogP contribution < -0.4 is 14.2 Å². The molecular weight excluding hydrogens is 580 g/mol. The van der Waals surface area contributed by atoms with E-state index < -0.39 is 0 Å². The number of nitrogens with zero attached hydrogens (tertiary/aromatic N) is 2. The van der Waals surface area contributed by atoms with Crippen molar-refractivity contribution in [3.63, 3.8) is 0 Å². The maximum absolute atomic E-state index is 13.4. The highest BCUT2D eigenvalue weighted by molar-refractivity contribution is 5.76. The lowest BCUT2D eigenvalue weighted by Crippen LogP contribution is -2.58. The molecule has 1 aromatic rings. The first-order valence-corrected chi connectivity index (χ1v) is 18.2. The molecule has 0 bridgehead atoms. The van der Waals surface area contributed by atoms with Gasteiger partial charge in [-0.1, -0.05) is 26.8 Å². The molecule has 4 saturated carbocycles. The Kier molecular flexibility index (Phi) is 9.91. The number of carbonyl (C=O) groups excluding carboxylic acids is 1. The van der Waals surface area contributed by atoms with Crippen molar-refractivity contribution in [1.82, 2.24) is 9.80 Å². The van der Waals surface area contributed by atoms with Gasteiger partial charge in [0.2, 0.25) is 11.7 Å². The minimum Gasteiger partial charge on any atom is -0.493 e. The molecule has 8 heteroatoms. The lowest BCUT2D eigenvalue weighted by molar-refractivity contribution is -0.174. The molecule has 1 heterocycles. The average Bonchev–Trinajstić information content (AvgIpc) is 3.41. The second-order valence-electron chi connectivity index (χ2n) is 16.1. The lowest BCUT2D eigenvalue weighted by Gasteiger charge is -2.62. The number of aliphatic hydroxyl groups is 2. The van der Waals surface area contributed by atoms with Crippen molar-refractivity contribution in [1.29, 1.82) is 0 Å². The highest BCUT2D eigenvalue weighted by Crippen LogP contribution is 2.68. The zero-order valence-electron chi connectivity index (χ0n) is 29.3. The summed E-state index contributed by atoms with van der Waals surface area (Å²) in [7, 11) is 4.92. The predicted molar refractivity (Wildman–Crippen MR) is 179 cm³/mol. The maximum Gasteiger partial charge on any atom is 0.222 e. The van der Waals surface area contributed by atoms with Crippen LogP contribution in [0.25, 0.3) is 0 Å². The van der Waals surface area contributed by atoms with Crippen LogP contribution in [0, 0.1) is 46.3 Å². The van der Waals surface area contributed by atoms with Gasteiger partial charge in [-0.2, -0.15) is 0 Å². The number of hydrogen-bond acceptors (Lipinski definition) is 7. The molecule has 6 rings (SSSR count). The quantitative estimate of drug-likeness (QED) is 0.355. The van der Waals surface area contributed by atoms with Gasteiger partial charge in [-0.25, -0.2) is 0 Å². The molecule has 1 aromatic carbocycles. The largest absolute Gasteiger partial charge is 0.493 e. The summed E-state index contributed by atoms with van der Waals surface area (Å²) in [4.78, 5) is 17.9. The number of aliphatic hydroxyl groups excluding tert-OH is 2. The van der Waals surface area contributed by atoms with Gasteiger partial charge in [0.05, 0.1) is 33.5 Å². The van der Waals surface area contributed by atoms with Crippen molar-refractivity contribution in [3.8, 4) is 17.2 Å². The van der Waals surface area contributed by atoms with Gasteiger partial charge in [-0.05, 0) is 110 Å². The topological polar surface area (TPSA) is 91.7 Å². The highest BCUT2D eigenvalue weighted by atomic mass is 16.5. The number of fused-ring (bicyclic) bond motifs is 5. The third kappa shape index (κ3) is 5.93. The Morgan fingerprint density at radius 2 is 1.59 bits per heavy atom. The molecule has 5 fully saturated rings. The van der Waals surface area contributed by atoms with Crippen molar-refractivity contribution >= 4 is 5.91 Å². The minimum absolute atomic E-state index is 0.188. The van der Waals surface area contributed by atoms with Gasteiger partial charge >= 0.3 is 0 Å². The number of rotatable bonds is 9. The summed E-state index contributed by atoms with van der Waals surface area (Å²) in [5.41, 5.74) is 1.56. The van der Waals surface area contributed by atoms with E-state index in [2.05, 4.69) is 30.6 Å².